The van der Waals surface area contributed by atoms with Gasteiger partial charge in [0.15, 0.2) is 12.4 Å². The van der Waals surface area contributed by atoms with Crippen molar-refractivity contribution in [1.29, 1.82) is 0 Å². The summed E-state index contributed by atoms with van der Waals surface area (Å²) in [5, 5.41) is 39.5. The second kappa shape index (κ2) is 6.93. The van der Waals surface area contributed by atoms with Gasteiger partial charge in [-0.1, -0.05) is 0 Å². The van der Waals surface area contributed by atoms with Crippen LogP contribution in [0.3, 0.4) is 0 Å². The third-order valence-corrected chi connectivity index (χ3v) is 4.31. The van der Waals surface area contributed by atoms with E-state index >= 15 is 0 Å². The van der Waals surface area contributed by atoms with Gasteiger partial charge in [0.05, 0.1) is 12.1 Å². The van der Waals surface area contributed by atoms with Crippen LogP contribution in [0.15, 0.2) is 0 Å². The monoisotopic (exact) mass is 336 g/mol. The van der Waals surface area contributed by atoms with E-state index in [0.717, 1.165) is 0 Å². The molecule has 2 rings (SSSR count). The number of carbonyl (C=O) groups is 1. The molecule has 0 spiro atoms. The molecule has 0 radical (unpaired) electrons. The van der Waals surface area contributed by atoms with Crippen LogP contribution < -0.4 is 22.9 Å². The molecule has 1 aliphatic carbocycles. The van der Waals surface area contributed by atoms with Crippen molar-refractivity contribution >= 4 is 5.91 Å². The fourth-order valence-electron chi connectivity index (χ4n) is 2.87. The number of aliphatic hydroxyl groups excluding tert-OH is 4. The maximum Gasteiger partial charge on any atom is 0.249 e. The Hall–Kier alpha value is -0.890. The zero-order chi connectivity index (χ0) is 17.5. The van der Waals surface area contributed by atoms with Crippen LogP contribution in [0, 0.1) is 0 Å². The molecule has 1 saturated carbocycles. The minimum Gasteiger partial charge on any atom is -0.389 e. The third-order valence-electron chi connectivity index (χ3n) is 4.31. The van der Waals surface area contributed by atoms with E-state index in [1.165, 1.54) is 0 Å². The number of primary amides is 1. The molecule has 2 fully saturated rings. The Morgan fingerprint density at radius 1 is 0.957 bits per heavy atom. The van der Waals surface area contributed by atoms with Gasteiger partial charge in [-0.25, -0.2) is 0 Å². The summed E-state index contributed by atoms with van der Waals surface area (Å²) in [5.41, 5.74) is 22.3. The summed E-state index contributed by atoms with van der Waals surface area (Å²) >= 11 is 0. The molecule has 12 N–H and O–H groups in total. The number of hydrogen-bond donors (Lipinski definition) is 8. The Morgan fingerprint density at radius 3 is 2.13 bits per heavy atom. The van der Waals surface area contributed by atoms with Gasteiger partial charge in [-0.05, 0) is 6.42 Å². The van der Waals surface area contributed by atoms with E-state index in [-0.39, 0.29) is 6.42 Å². The van der Waals surface area contributed by atoms with Crippen LogP contribution in [0.1, 0.15) is 6.42 Å². The molecular weight excluding hydrogens is 312 g/mol. The van der Waals surface area contributed by atoms with Gasteiger partial charge in [0, 0.05) is 12.1 Å². The molecule has 0 aromatic rings. The maximum atomic E-state index is 11.3. The molecule has 2 aliphatic rings. The van der Waals surface area contributed by atoms with Gasteiger partial charge in [-0.15, -0.1) is 0 Å². The number of amides is 1. The third kappa shape index (κ3) is 3.47. The fraction of sp³-hybridized carbons (Fsp3) is 0.917. The summed E-state index contributed by atoms with van der Waals surface area (Å²) in [6.45, 7) is 0. The van der Waals surface area contributed by atoms with Crippen molar-refractivity contribution in [2.24, 2.45) is 22.9 Å². The van der Waals surface area contributed by atoms with Gasteiger partial charge >= 0.3 is 0 Å². The van der Waals surface area contributed by atoms with E-state index in [1.807, 2.05) is 0 Å². The molecular formula is C12H24N4O7. The molecule has 11 heteroatoms. The lowest BCUT2D eigenvalue weighted by atomic mass is 9.84. The molecule has 134 valence electrons. The van der Waals surface area contributed by atoms with Crippen molar-refractivity contribution in [2.75, 3.05) is 0 Å². The molecule has 1 amide bonds. The first kappa shape index (κ1) is 18.4. The molecule has 6 unspecified atom stereocenters. The van der Waals surface area contributed by atoms with Gasteiger partial charge in [0.25, 0.3) is 0 Å². The zero-order valence-corrected chi connectivity index (χ0v) is 12.3. The molecule has 0 bridgehead atoms. The first-order chi connectivity index (χ1) is 10.6. The SMILES string of the molecule is NC(=O)C1O[C@H](O[C@@H]2C(N)C[C@@H](N)C(O)C2O)C(N)C(O)[C@@H]1O. The summed E-state index contributed by atoms with van der Waals surface area (Å²) < 4.78 is 10.7. The molecule has 1 aliphatic heterocycles. The van der Waals surface area contributed by atoms with Gasteiger partial charge in [0.1, 0.15) is 24.4 Å². The Labute approximate surface area is 132 Å². The lowest BCUT2D eigenvalue weighted by molar-refractivity contribution is -0.284. The highest BCUT2D eigenvalue weighted by Gasteiger charge is 2.49. The van der Waals surface area contributed by atoms with E-state index < -0.39 is 66.9 Å². The van der Waals surface area contributed by atoms with E-state index in [4.69, 9.17) is 32.4 Å². The van der Waals surface area contributed by atoms with Crippen LogP contribution in [0.5, 0.6) is 0 Å². The molecule has 23 heavy (non-hydrogen) atoms. The second-order valence-corrected chi connectivity index (χ2v) is 6.03. The summed E-state index contributed by atoms with van der Waals surface area (Å²) in [6, 6.07) is -2.66. The normalized spacial score (nSPS) is 51.4. The van der Waals surface area contributed by atoms with E-state index in [2.05, 4.69) is 0 Å². The highest BCUT2D eigenvalue weighted by Crippen LogP contribution is 2.27. The van der Waals surface area contributed by atoms with Crippen molar-refractivity contribution in [2.45, 2.75) is 67.5 Å². The van der Waals surface area contributed by atoms with Gasteiger partial charge in [-0.2, -0.15) is 0 Å². The lowest BCUT2D eigenvalue weighted by Gasteiger charge is -2.45. The van der Waals surface area contributed by atoms with Crippen LogP contribution in [0.4, 0.5) is 0 Å². The van der Waals surface area contributed by atoms with Crippen molar-refractivity contribution in [1.82, 2.24) is 0 Å². The number of carbonyl (C=O) groups excluding carboxylic acids is 1. The Bertz CT molecular complexity index is 442. The largest absolute Gasteiger partial charge is 0.389 e. The van der Waals surface area contributed by atoms with E-state index in [1.54, 1.807) is 0 Å². The maximum absolute atomic E-state index is 11.3. The van der Waals surface area contributed by atoms with Crippen molar-refractivity contribution in [3.8, 4) is 0 Å². The van der Waals surface area contributed by atoms with Gasteiger partial charge < -0.3 is 52.8 Å². The molecule has 10 atom stereocenters. The quantitative estimate of drug-likeness (QED) is 0.244. The molecule has 0 aromatic heterocycles. The smallest absolute Gasteiger partial charge is 0.249 e. The van der Waals surface area contributed by atoms with Crippen LogP contribution in [0.2, 0.25) is 0 Å². The Kier molecular flexibility index (Phi) is 5.56. The lowest BCUT2D eigenvalue weighted by Crippen LogP contribution is -2.68. The number of aliphatic hydroxyl groups is 4. The van der Waals surface area contributed by atoms with Gasteiger partial charge in [-0.3, -0.25) is 4.79 Å². The van der Waals surface area contributed by atoms with Crippen LogP contribution >= 0.6 is 0 Å². The second-order valence-electron chi connectivity index (χ2n) is 6.03. The minimum absolute atomic E-state index is 0.176. The van der Waals surface area contributed by atoms with Crippen molar-refractivity contribution in [3.05, 3.63) is 0 Å². The van der Waals surface area contributed by atoms with E-state index in [9.17, 15) is 25.2 Å². The number of nitrogens with two attached hydrogens (primary N) is 4. The highest BCUT2D eigenvalue weighted by atomic mass is 16.7. The predicted molar refractivity (Wildman–Crippen MR) is 75.3 cm³/mol. The Balaban J connectivity index is 2.12. The predicted octanol–water partition coefficient (Wildman–Crippen LogP) is -5.59. The van der Waals surface area contributed by atoms with Gasteiger partial charge in [0.2, 0.25) is 5.91 Å². The fourth-order valence-corrected chi connectivity index (χ4v) is 2.87. The summed E-state index contributed by atoms with van der Waals surface area (Å²) in [4.78, 5) is 11.3. The van der Waals surface area contributed by atoms with Crippen LogP contribution in [-0.2, 0) is 14.3 Å². The summed E-state index contributed by atoms with van der Waals surface area (Å²) in [7, 11) is 0. The summed E-state index contributed by atoms with van der Waals surface area (Å²) in [5.74, 6) is -1.01. The number of rotatable bonds is 3. The average Bonchev–Trinajstić information content (AvgIpc) is 2.48. The van der Waals surface area contributed by atoms with Crippen LogP contribution in [-0.4, -0.2) is 87.4 Å². The summed E-state index contributed by atoms with van der Waals surface area (Å²) in [6.07, 6.45) is -9.60. The van der Waals surface area contributed by atoms with Crippen molar-refractivity contribution < 1.29 is 34.7 Å². The number of ether oxygens (including phenoxy) is 2. The van der Waals surface area contributed by atoms with E-state index in [0.29, 0.717) is 0 Å². The minimum atomic E-state index is -1.61. The van der Waals surface area contributed by atoms with Crippen molar-refractivity contribution in [3.63, 3.8) is 0 Å². The van der Waals surface area contributed by atoms with Crippen LogP contribution in [0.25, 0.3) is 0 Å². The topological polar surface area (TPSA) is 221 Å². The zero-order valence-electron chi connectivity index (χ0n) is 12.3. The molecule has 1 heterocycles. The number of hydrogen-bond acceptors (Lipinski definition) is 10. The average molecular weight is 336 g/mol. The first-order valence-electron chi connectivity index (χ1n) is 7.24. The highest BCUT2D eigenvalue weighted by molar-refractivity contribution is 5.79. The Morgan fingerprint density at radius 2 is 1.57 bits per heavy atom. The molecule has 0 aromatic carbocycles. The molecule has 1 saturated heterocycles. The standard InChI is InChI=1S/C12H24N4O7/c13-2-1-3(14)9(7(19)5(2)17)22-12-4(15)6(18)8(20)10(23-12)11(16)21/h2-10,12,17-20H,1,13-15H2,(H2,16,21)/t2-,3?,4?,5?,6?,7?,8+,9-,10?,12+/m1/s1. The first-order valence-corrected chi connectivity index (χ1v) is 7.24. The molecule has 11 nitrogen and oxygen atoms in total.